The summed E-state index contributed by atoms with van der Waals surface area (Å²) in [7, 11) is 1.66. The Balaban J connectivity index is 2.09. The van der Waals surface area contributed by atoms with Gasteiger partial charge in [-0.25, -0.2) is 0 Å². The predicted octanol–water partition coefficient (Wildman–Crippen LogP) is 3.58. The summed E-state index contributed by atoms with van der Waals surface area (Å²) in [4.78, 5) is 0. The van der Waals surface area contributed by atoms with Gasteiger partial charge in [0.2, 0.25) is 0 Å². The lowest BCUT2D eigenvalue weighted by atomic mass is 9.85. The van der Waals surface area contributed by atoms with Crippen LogP contribution in [-0.2, 0) is 6.54 Å². The molecule has 1 heterocycles. The lowest BCUT2D eigenvalue weighted by Crippen LogP contribution is -2.28. The molecule has 0 aliphatic carbocycles. The molecule has 2 nitrogen and oxygen atoms in total. The van der Waals surface area contributed by atoms with Crippen LogP contribution < -0.4 is 10.1 Å². The molecular formula is C16H16ClNO. The molecule has 1 N–H and O–H groups in total. The highest BCUT2D eigenvalue weighted by atomic mass is 35.5. The molecule has 1 aliphatic rings. The Hall–Kier alpha value is -1.51. The minimum absolute atomic E-state index is 0.358. The molecular weight excluding hydrogens is 258 g/mol. The molecule has 1 atom stereocenters. The molecule has 2 aromatic rings. The molecule has 0 aromatic heterocycles. The average molecular weight is 274 g/mol. The minimum Gasteiger partial charge on any atom is -0.495 e. The number of ether oxygens (including phenoxy) is 1. The summed E-state index contributed by atoms with van der Waals surface area (Å²) in [6, 6.07) is 14.6. The third-order valence-corrected chi connectivity index (χ3v) is 3.95. The zero-order valence-electron chi connectivity index (χ0n) is 10.8. The third kappa shape index (κ3) is 2.34. The fourth-order valence-electron chi connectivity index (χ4n) is 2.69. The van der Waals surface area contributed by atoms with Gasteiger partial charge in [0.15, 0.2) is 0 Å². The van der Waals surface area contributed by atoms with Crippen LogP contribution in [-0.4, -0.2) is 13.7 Å². The Morgan fingerprint density at radius 1 is 1.21 bits per heavy atom. The van der Waals surface area contributed by atoms with Crippen molar-refractivity contribution in [1.29, 1.82) is 0 Å². The van der Waals surface area contributed by atoms with Gasteiger partial charge in [0, 0.05) is 19.0 Å². The first-order chi connectivity index (χ1) is 9.29. The number of halogens is 1. The highest BCUT2D eigenvalue weighted by molar-refractivity contribution is 6.32. The molecule has 0 fully saturated rings. The van der Waals surface area contributed by atoms with E-state index in [1.165, 1.54) is 16.7 Å². The predicted molar refractivity (Wildman–Crippen MR) is 78.0 cm³/mol. The number of methoxy groups -OCH3 is 1. The lowest BCUT2D eigenvalue weighted by Gasteiger charge is -2.27. The smallest absolute Gasteiger partial charge is 0.137 e. The molecule has 1 aliphatic heterocycles. The average Bonchev–Trinajstić information content (AvgIpc) is 2.46. The van der Waals surface area contributed by atoms with Crippen LogP contribution in [0.1, 0.15) is 22.6 Å². The summed E-state index contributed by atoms with van der Waals surface area (Å²) in [5.74, 6) is 1.11. The summed E-state index contributed by atoms with van der Waals surface area (Å²) in [5.41, 5.74) is 3.89. The SMILES string of the molecule is COc1cc2c(cc1Cl)CNC[C@@H]2c1ccccc1. The van der Waals surface area contributed by atoms with Crippen LogP contribution in [0.3, 0.4) is 0 Å². The summed E-state index contributed by atoms with van der Waals surface area (Å²) in [6.45, 7) is 1.81. The second-order valence-electron chi connectivity index (χ2n) is 4.78. The molecule has 3 rings (SSSR count). The Morgan fingerprint density at radius 2 is 2.00 bits per heavy atom. The molecule has 0 unspecified atom stereocenters. The quantitative estimate of drug-likeness (QED) is 0.903. The van der Waals surface area contributed by atoms with E-state index in [-0.39, 0.29) is 0 Å². The van der Waals surface area contributed by atoms with Crippen LogP contribution in [0.15, 0.2) is 42.5 Å². The first kappa shape index (κ1) is 12.5. The lowest BCUT2D eigenvalue weighted by molar-refractivity contribution is 0.413. The van der Waals surface area contributed by atoms with Gasteiger partial charge in [-0.1, -0.05) is 41.9 Å². The van der Waals surface area contributed by atoms with Crippen molar-refractivity contribution in [3.8, 4) is 5.75 Å². The van der Waals surface area contributed by atoms with Gasteiger partial charge in [-0.05, 0) is 28.8 Å². The van der Waals surface area contributed by atoms with Gasteiger partial charge in [-0.2, -0.15) is 0 Å². The molecule has 0 amide bonds. The molecule has 0 radical (unpaired) electrons. The standard InChI is InChI=1S/C16H16ClNO/c1-19-16-8-13-12(7-15(16)17)9-18-10-14(13)11-5-3-2-4-6-11/h2-8,14,18H,9-10H2,1H3/t14-/m1/s1. The topological polar surface area (TPSA) is 21.3 Å². The van der Waals surface area contributed by atoms with Gasteiger partial charge < -0.3 is 10.1 Å². The van der Waals surface area contributed by atoms with E-state index in [9.17, 15) is 0 Å². The van der Waals surface area contributed by atoms with Crippen molar-refractivity contribution in [1.82, 2.24) is 5.32 Å². The zero-order chi connectivity index (χ0) is 13.2. The Kier molecular flexibility index (Phi) is 3.45. The van der Waals surface area contributed by atoms with Gasteiger partial charge in [0.25, 0.3) is 0 Å². The molecule has 0 bridgehead atoms. The second kappa shape index (κ2) is 5.24. The second-order valence-corrected chi connectivity index (χ2v) is 5.19. The monoisotopic (exact) mass is 273 g/mol. The summed E-state index contributed by atoms with van der Waals surface area (Å²) in [6.07, 6.45) is 0. The molecule has 0 saturated carbocycles. The van der Waals surface area contributed by atoms with Crippen LogP contribution in [0.2, 0.25) is 5.02 Å². The van der Waals surface area contributed by atoms with Gasteiger partial charge >= 0.3 is 0 Å². The molecule has 0 spiro atoms. The molecule has 19 heavy (non-hydrogen) atoms. The van der Waals surface area contributed by atoms with Crippen molar-refractivity contribution in [2.75, 3.05) is 13.7 Å². The van der Waals surface area contributed by atoms with Crippen LogP contribution >= 0.6 is 11.6 Å². The normalized spacial score (nSPS) is 17.9. The number of fused-ring (bicyclic) bond motifs is 1. The maximum atomic E-state index is 6.20. The van der Waals surface area contributed by atoms with Crippen molar-refractivity contribution in [2.45, 2.75) is 12.5 Å². The summed E-state index contributed by atoms with van der Waals surface area (Å²) in [5, 5.41) is 4.13. The molecule has 3 heteroatoms. The van der Waals surface area contributed by atoms with Crippen molar-refractivity contribution in [3.63, 3.8) is 0 Å². The highest BCUT2D eigenvalue weighted by Crippen LogP contribution is 2.36. The Bertz CT molecular complexity index is 583. The van der Waals surface area contributed by atoms with E-state index < -0.39 is 0 Å². The van der Waals surface area contributed by atoms with Crippen molar-refractivity contribution >= 4 is 11.6 Å². The third-order valence-electron chi connectivity index (χ3n) is 3.65. The van der Waals surface area contributed by atoms with Crippen LogP contribution in [0.25, 0.3) is 0 Å². The van der Waals surface area contributed by atoms with E-state index in [2.05, 4.69) is 35.6 Å². The van der Waals surface area contributed by atoms with Crippen molar-refractivity contribution in [3.05, 3.63) is 64.2 Å². The highest BCUT2D eigenvalue weighted by Gasteiger charge is 2.23. The van der Waals surface area contributed by atoms with E-state index in [1.54, 1.807) is 7.11 Å². The van der Waals surface area contributed by atoms with Crippen molar-refractivity contribution in [2.24, 2.45) is 0 Å². The zero-order valence-corrected chi connectivity index (χ0v) is 11.6. The molecule has 0 saturated heterocycles. The number of rotatable bonds is 2. The molecule has 98 valence electrons. The fraction of sp³-hybridized carbons (Fsp3) is 0.250. The van der Waals surface area contributed by atoms with E-state index in [0.29, 0.717) is 10.9 Å². The number of nitrogens with one attached hydrogen (secondary N) is 1. The maximum Gasteiger partial charge on any atom is 0.137 e. The van der Waals surface area contributed by atoms with Crippen LogP contribution in [0.5, 0.6) is 5.75 Å². The first-order valence-corrected chi connectivity index (χ1v) is 6.79. The van der Waals surface area contributed by atoms with Gasteiger partial charge in [0.1, 0.15) is 5.75 Å². The number of benzene rings is 2. The van der Waals surface area contributed by atoms with E-state index in [1.807, 2.05) is 12.1 Å². The fourth-order valence-corrected chi connectivity index (χ4v) is 2.95. The van der Waals surface area contributed by atoms with Gasteiger partial charge in [0.05, 0.1) is 12.1 Å². The largest absolute Gasteiger partial charge is 0.495 e. The van der Waals surface area contributed by atoms with Crippen LogP contribution in [0, 0.1) is 0 Å². The Morgan fingerprint density at radius 3 is 2.74 bits per heavy atom. The van der Waals surface area contributed by atoms with Crippen LogP contribution in [0.4, 0.5) is 0 Å². The van der Waals surface area contributed by atoms with Gasteiger partial charge in [-0.15, -0.1) is 0 Å². The van der Waals surface area contributed by atoms with Gasteiger partial charge in [-0.3, -0.25) is 0 Å². The Labute approximate surface area is 118 Å². The maximum absolute atomic E-state index is 6.20. The van der Waals surface area contributed by atoms with E-state index in [4.69, 9.17) is 16.3 Å². The minimum atomic E-state index is 0.358. The number of hydrogen-bond donors (Lipinski definition) is 1. The summed E-state index contributed by atoms with van der Waals surface area (Å²) >= 11 is 6.20. The molecule has 2 aromatic carbocycles. The number of hydrogen-bond acceptors (Lipinski definition) is 2. The summed E-state index contributed by atoms with van der Waals surface area (Å²) < 4.78 is 5.34. The first-order valence-electron chi connectivity index (χ1n) is 6.41. The van der Waals surface area contributed by atoms with E-state index in [0.717, 1.165) is 18.8 Å². The van der Waals surface area contributed by atoms with E-state index >= 15 is 0 Å². The van der Waals surface area contributed by atoms with Crippen molar-refractivity contribution < 1.29 is 4.74 Å².